The highest BCUT2D eigenvalue weighted by molar-refractivity contribution is 5.98. The van der Waals surface area contributed by atoms with E-state index >= 15 is 0 Å². The van der Waals surface area contributed by atoms with Crippen molar-refractivity contribution in [2.75, 3.05) is 25.5 Å². The van der Waals surface area contributed by atoms with E-state index < -0.39 is 0 Å². The molecule has 0 unspecified atom stereocenters. The van der Waals surface area contributed by atoms with Crippen LogP contribution in [0.4, 0.5) is 5.69 Å². The van der Waals surface area contributed by atoms with E-state index in [4.69, 9.17) is 10.5 Å². The number of hydrogen-bond acceptors (Lipinski definition) is 4. The van der Waals surface area contributed by atoms with Crippen molar-refractivity contribution < 1.29 is 9.53 Å². The molecule has 0 aliphatic carbocycles. The van der Waals surface area contributed by atoms with Gasteiger partial charge in [0.1, 0.15) is 0 Å². The fraction of sp³-hybridized carbons (Fsp3) is 0.667. The van der Waals surface area contributed by atoms with Gasteiger partial charge >= 0.3 is 0 Å². The van der Waals surface area contributed by atoms with E-state index in [2.05, 4.69) is 10.2 Å². The highest BCUT2D eigenvalue weighted by Gasteiger charge is 2.36. The molecule has 2 rings (SSSR count). The van der Waals surface area contributed by atoms with Crippen LogP contribution in [0.5, 0.6) is 0 Å². The third-order valence-electron chi connectivity index (χ3n) is 3.33. The Kier molecular flexibility index (Phi) is 3.30. The number of nitrogens with one attached hydrogen (secondary N) is 1. The maximum atomic E-state index is 12.5. The molecule has 0 saturated carbocycles. The van der Waals surface area contributed by atoms with Crippen LogP contribution in [-0.4, -0.2) is 46.3 Å². The number of amides is 1. The smallest absolute Gasteiger partial charge is 0.277 e. The second-order valence-electron chi connectivity index (χ2n) is 5.14. The fourth-order valence-corrected chi connectivity index (χ4v) is 2.18. The first kappa shape index (κ1) is 12.9. The molecule has 0 radical (unpaired) electrons. The zero-order valence-corrected chi connectivity index (χ0v) is 11.1. The van der Waals surface area contributed by atoms with Gasteiger partial charge in [0.25, 0.3) is 5.91 Å². The van der Waals surface area contributed by atoms with Crippen molar-refractivity contribution in [2.45, 2.75) is 32.7 Å². The number of nitrogen functional groups attached to an aromatic ring is 1. The maximum Gasteiger partial charge on any atom is 0.277 e. The number of carbonyl (C=O) groups excluding carboxylic acids is 1. The van der Waals surface area contributed by atoms with Gasteiger partial charge in [-0.2, -0.15) is 5.10 Å². The summed E-state index contributed by atoms with van der Waals surface area (Å²) in [6.07, 6.45) is 0.735. The number of nitrogens with two attached hydrogens (primary N) is 1. The molecule has 3 N–H and O–H groups in total. The van der Waals surface area contributed by atoms with Crippen molar-refractivity contribution in [2.24, 2.45) is 0 Å². The van der Waals surface area contributed by atoms with E-state index in [-0.39, 0.29) is 11.4 Å². The van der Waals surface area contributed by atoms with Crippen LogP contribution < -0.4 is 5.73 Å². The molecule has 6 heteroatoms. The number of morpholine rings is 1. The number of carbonyl (C=O) groups is 1. The first-order valence-electron chi connectivity index (χ1n) is 6.20. The lowest BCUT2D eigenvalue weighted by Gasteiger charge is -2.41. The molecule has 1 aromatic heterocycles. The minimum absolute atomic E-state index is 0.128. The van der Waals surface area contributed by atoms with Crippen LogP contribution in [0.25, 0.3) is 0 Å². The predicted octanol–water partition coefficient (Wildman–Crippen LogP) is 0.805. The number of rotatable bonds is 2. The van der Waals surface area contributed by atoms with Crippen LogP contribution in [-0.2, 0) is 11.2 Å². The number of nitrogens with zero attached hydrogens (tertiary/aromatic N) is 2. The lowest BCUT2D eigenvalue weighted by atomic mass is 10.0. The molecule has 0 atom stereocenters. The normalized spacial score (nSPS) is 18.9. The average Bonchev–Trinajstić information content (AvgIpc) is 2.69. The Morgan fingerprint density at radius 2 is 2.33 bits per heavy atom. The Hall–Kier alpha value is -1.56. The van der Waals surface area contributed by atoms with Crippen molar-refractivity contribution in [3.8, 4) is 0 Å². The minimum Gasteiger partial charge on any atom is -0.395 e. The van der Waals surface area contributed by atoms with Crippen molar-refractivity contribution in [1.82, 2.24) is 15.1 Å². The Balaban J connectivity index is 2.27. The van der Waals surface area contributed by atoms with Gasteiger partial charge in [0.15, 0.2) is 5.69 Å². The highest BCUT2D eigenvalue weighted by atomic mass is 16.5. The van der Waals surface area contributed by atoms with Gasteiger partial charge in [-0.05, 0) is 20.3 Å². The van der Waals surface area contributed by atoms with Crippen LogP contribution in [0.15, 0.2) is 0 Å². The molecule has 1 aliphatic heterocycles. The molecule has 0 spiro atoms. The molecule has 1 aliphatic rings. The summed E-state index contributed by atoms with van der Waals surface area (Å²) < 4.78 is 5.40. The summed E-state index contributed by atoms with van der Waals surface area (Å²) in [5.41, 5.74) is 7.20. The van der Waals surface area contributed by atoms with Gasteiger partial charge in [-0.25, -0.2) is 0 Å². The largest absolute Gasteiger partial charge is 0.395 e. The first-order chi connectivity index (χ1) is 8.47. The van der Waals surface area contributed by atoms with Crippen LogP contribution in [0.1, 0.15) is 37.0 Å². The van der Waals surface area contributed by atoms with Gasteiger partial charge < -0.3 is 15.4 Å². The van der Waals surface area contributed by atoms with Gasteiger partial charge in [-0.15, -0.1) is 0 Å². The molecule has 0 aromatic carbocycles. The Morgan fingerprint density at radius 1 is 1.61 bits per heavy atom. The molecule has 100 valence electrons. The maximum absolute atomic E-state index is 12.5. The summed E-state index contributed by atoms with van der Waals surface area (Å²) in [4.78, 5) is 14.3. The van der Waals surface area contributed by atoms with E-state index in [1.807, 2.05) is 20.8 Å². The lowest BCUT2D eigenvalue weighted by molar-refractivity contribution is -0.0372. The molecule has 0 bridgehead atoms. The number of H-pyrrole nitrogens is 1. The number of hydrogen-bond donors (Lipinski definition) is 2. The van der Waals surface area contributed by atoms with Gasteiger partial charge in [-0.3, -0.25) is 9.89 Å². The summed E-state index contributed by atoms with van der Waals surface area (Å²) in [5.74, 6) is -0.128. The average molecular weight is 252 g/mol. The summed E-state index contributed by atoms with van der Waals surface area (Å²) in [5, 5.41) is 6.86. The van der Waals surface area contributed by atoms with Crippen molar-refractivity contribution >= 4 is 11.6 Å². The third-order valence-corrected chi connectivity index (χ3v) is 3.33. The lowest BCUT2D eigenvalue weighted by Crippen LogP contribution is -2.55. The second kappa shape index (κ2) is 4.61. The zero-order valence-electron chi connectivity index (χ0n) is 11.1. The number of aromatic nitrogens is 2. The molecule has 18 heavy (non-hydrogen) atoms. The second-order valence-corrected chi connectivity index (χ2v) is 5.14. The molecule has 1 amide bonds. The van der Waals surface area contributed by atoms with Crippen molar-refractivity contribution in [3.05, 3.63) is 11.4 Å². The van der Waals surface area contributed by atoms with Crippen LogP contribution in [0.3, 0.4) is 0 Å². The third kappa shape index (κ3) is 2.08. The number of aryl methyl sites for hydroxylation is 1. The molecule has 6 nitrogen and oxygen atoms in total. The number of anilines is 1. The molecule has 1 fully saturated rings. The van der Waals surface area contributed by atoms with Gasteiger partial charge in [0, 0.05) is 6.54 Å². The number of ether oxygens (including phenoxy) is 1. The Labute approximate surface area is 106 Å². The summed E-state index contributed by atoms with van der Waals surface area (Å²) in [6.45, 7) is 7.58. The van der Waals surface area contributed by atoms with E-state index in [9.17, 15) is 4.79 Å². The molecule has 2 heterocycles. The minimum atomic E-state index is -0.326. The van der Waals surface area contributed by atoms with E-state index in [0.29, 0.717) is 31.1 Å². The van der Waals surface area contributed by atoms with Crippen molar-refractivity contribution in [3.63, 3.8) is 0 Å². The van der Waals surface area contributed by atoms with Gasteiger partial charge in [-0.1, -0.05) is 6.92 Å². The van der Waals surface area contributed by atoms with Crippen LogP contribution in [0, 0.1) is 0 Å². The van der Waals surface area contributed by atoms with Gasteiger partial charge in [0.2, 0.25) is 0 Å². The molecular weight excluding hydrogens is 232 g/mol. The monoisotopic (exact) mass is 252 g/mol. The standard InChI is InChI=1S/C12H20N4O2/c1-4-8-9(13)10(15-14-8)11(17)16-5-6-18-7-12(16,2)3/h4-7,13H2,1-3H3,(H,14,15). The Morgan fingerprint density at radius 3 is 2.89 bits per heavy atom. The topological polar surface area (TPSA) is 84.2 Å². The molecule has 1 aromatic rings. The zero-order chi connectivity index (χ0) is 13.3. The predicted molar refractivity (Wildman–Crippen MR) is 68.3 cm³/mol. The number of aromatic amines is 1. The molecule has 1 saturated heterocycles. The quantitative estimate of drug-likeness (QED) is 0.815. The fourth-order valence-electron chi connectivity index (χ4n) is 2.18. The van der Waals surface area contributed by atoms with E-state index in [1.54, 1.807) is 4.90 Å². The SMILES string of the molecule is CCc1[nH]nc(C(=O)N2CCOCC2(C)C)c1N. The highest BCUT2D eigenvalue weighted by Crippen LogP contribution is 2.24. The van der Waals surface area contributed by atoms with E-state index in [1.165, 1.54) is 0 Å². The summed E-state index contributed by atoms with van der Waals surface area (Å²) in [7, 11) is 0. The Bertz CT molecular complexity index is 453. The summed E-state index contributed by atoms with van der Waals surface area (Å²) >= 11 is 0. The van der Waals surface area contributed by atoms with E-state index in [0.717, 1.165) is 12.1 Å². The first-order valence-corrected chi connectivity index (χ1v) is 6.20. The van der Waals surface area contributed by atoms with Crippen molar-refractivity contribution in [1.29, 1.82) is 0 Å². The molecular formula is C12H20N4O2. The van der Waals surface area contributed by atoms with Crippen LogP contribution >= 0.6 is 0 Å². The summed E-state index contributed by atoms with van der Waals surface area (Å²) in [6, 6.07) is 0. The van der Waals surface area contributed by atoms with Gasteiger partial charge in [0.05, 0.1) is 30.1 Å². The van der Waals surface area contributed by atoms with Crippen LogP contribution in [0.2, 0.25) is 0 Å².